The molecule has 1 aliphatic heterocycles. The van der Waals surface area contributed by atoms with E-state index in [1.165, 1.54) is 11.1 Å². The van der Waals surface area contributed by atoms with Crippen molar-refractivity contribution in [1.29, 1.82) is 0 Å². The highest BCUT2D eigenvalue weighted by Gasteiger charge is 2.28. The molecule has 0 amide bonds. The fourth-order valence-corrected chi connectivity index (χ4v) is 2.34. The number of hydrogen-bond acceptors (Lipinski definition) is 4. The molecule has 0 radical (unpaired) electrons. The van der Waals surface area contributed by atoms with Crippen LogP contribution in [0.25, 0.3) is 0 Å². The van der Waals surface area contributed by atoms with Crippen molar-refractivity contribution in [2.24, 2.45) is 5.84 Å². The van der Waals surface area contributed by atoms with E-state index >= 15 is 0 Å². The molecule has 0 aliphatic carbocycles. The Morgan fingerprint density at radius 2 is 2.33 bits per heavy atom. The number of rotatable bonds is 6. The number of benzene rings is 1. The normalized spacial score (nSPS) is 20.4. The van der Waals surface area contributed by atoms with Crippen LogP contribution in [0, 0.1) is 0 Å². The maximum Gasteiger partial charge on any atom is 0.102 e. The first-order valence-electron chi connectivity index (χ1n) is 6.60. The molecule has 0 aromatic heterocycles. The zero-order valence-corrected chi connectivity index (χ0v) is 10.9. The van der Waals surface area contributed by atoms with Crippen LogP contribution < -0.4 is 11.3 Å². The summed E-state index contributed by atoms with van der Waals surface area (Å²) in [5.41, 5.74) is 5.40. The molecular formula is C14H22N2O2. The van der Waals surface area contributed by atoms with Gasteiger partial charge in [0.2, 0.25) is 0 Å². The summed E-state index contributed by atoms with van der Waals surface area (Å²) in [7, 11) is 0. The predicted molar refractivity (Wildman–Crippen MR) is 71.1 cm³/mol. The number of nitrogens with two attached hydrogens (primary N) is 1. The minimum Gasteiger partial charge on any atom is -0.380 e. The summed E-state index contributed by atoms with van der Waals surface area (Å²) in [6.45, 7) is 4.17. The van der Waals surface area contributed by atoms with Gasteiger partial charge in [0, 0.05) is 6.61 Å². The van der Waals surface area contributed by atoms with Crippen molar-refractivity contribution < 1.29 is 9.47 Å². The molecule has 4 heteroatoms. The van der Waals surface area contributed by atoms with Gasteiger partial charge in [-0.25, -0.2) is 0 Å². The van der Waals surface area contributed by atoms with Crippen LogP contribution in [0.5, 0.6) is 0 Å². The van der Waals surface area contributed by atoms with Crippen molar-refractivity contribution in [1.82, 2.24) is 5.43 Å². The van der Waals surface area contributed by atoms with Gasteiger partial charge in [0.05, 0.1) is 19.3 Å². The average molecular weight is 250 g/mol. The van der Waals surface area contributed by atoms with Crippen LogP contribution in [-0.2, 0) is 15.9 Å². The smallest absolute Gasteiger partial charge is 0.102 e. The van der Waals surface area contributed by atoms with E-state index in [0.29, 0.717) is 6.61 Å². The van der Waals surface area contributed by atoms with Gasteiger partial charge in [-0.15, -0.1) is 0 Å². The molecule has 2 rings (SSSR count). The first-order chi connectivity index (χ1) is 8.86. The lowest BCUT2D eigenvalue weighted by molar-refractivity contribution is -0.0137. The van der Waals surface area contributed by atoms with Gasteiger partial charge in [-0.3, -0.25) is 11.3 Å². The van der Waals surface area contributed by atoms with Crippen molar-refractivity contribution in [3.63, 3.8) is 0 Å². The Kier molecular flexibility index (Phi) is 5.13. The van der Waals surface area contributed by atoms with Gasteiger partial charge < -0.3 is 9.47 Å². The number of hydrazine groups is 1. The van der Waals surface area contributed by atoms with E-state index < -0.39 is 0 Å². The maximum atomic E-state index is 5.87. The molecule has 0 fully saturated rings. The van der Waals surface area contributed by atoms with Crippen molar-refractivity contribution in [2.45, 2.75) is 31.9 Å². The van der Waals surface area contributed by atoms with E-state index in [0.717, 1.165) is 26.1 Å². The van der Waals surface area contributed by atoms with Crippen molar-refractivity contribution in [2.75, 3.05) is 19.8 Å². The Balaban J connectivity index is 2.07. The second kappa shape index (κ2) is 6.85. The average Bonchev–Trinajstić information content (AvgIpc) is 2.43. The molecule has 0 saturated heterocycles. The molecule has 1 heterocycles. The van der Waals surface area contributed by atoms with Crippen LogP contribution in [0.15, 0.2) is 24.3 Å². The fraction of sp³-hybridized carbons (Fsp3) is 0.571. The van der Waals surface area contributed by atoms with Crippen LogP contribution in [-0.4, -0.2) is 25.9 Å². The lowest BCUT2D eigenvalue weighted by Crippen LogP contribution is -2.45. The molecule has 100 valence electrons. The van der Waals surface area contributed by atoms with E-state index in [1.807, 2.05) is 6.07 Å². The van der Waals surface area contributed by atoms with Gasteiger partial charge in [0.1, 0.15) is 6.10 Å². The van der Waals surface area contributed by atoms with Gasteiger partial charge in [0.15, 0.2) is 0 Å². The molecule has 1 aromatic rings. The largest absolute Gasteiger partial charge is 0.380 e. The molecular weight excluding hydrogens is 228 g/mol. The third-order valence-corrected chi connectivity index (χ3v) is 3.26. The Bertz CT molecular complexity index is 371. The first-order valence-corrected chi connectivity index (χ1v) is 6.60. The fourth-order valence-electron chi connectivity index (χ4n) is 2.34. The standard InChI is InChI=1S/C14H22N2O2/c1-2-8-17-10-13(16-15)14-12-6-4-3-5-11(12)7-9-18-14/h3-6,13-14,16H,2,7-10,15H2,1H3. The summed E-state index contributed by atoms with van der Waals surface area (Å²) in [4.78, 5) is 0. The molecule has 0 spiro atoms. The molecule has 1 aliphatic rings. The van der Waals surface area contributed by atoms with E-state index in [-0.39, 0.29) is 12.1 Å². The minimum absolute atomic E-state index is 0.00185. The first kappa shape index (κ1) is 13.5. The van der Waals surface area contributed by atoms with Gasteiger partial charge in [0.25, 0.3) is 0 Å². The van der Waals surface area contributed by atoms with Gasteiger partial charge >= 0.3 is 0 Å². The summed E-state index contributed by atoms with van der Waals surface area (Å²) < 4.78 is 11.4. The molecule has 2 atom stereocenters. The molecule has 1 aromatic carbocycles. The number of ether oxygens (including phenoxy) is 2. The third-order valence-electron chi connectivity index (χ3n) is 3.26. The van der Waals surface area contributed by atoms with E-state index in [1.54, 1.807) is 0 Å². The van der Waals surface area contributed by atoms with Gasteiger partial charge in [-0.05, 0) is 24.0 Å². The lowest BCUT2D eigenvalue weighted by Gasteiger charge is -2.32. The molecule has 4 nitrogen and oxygen atoms in total. The number of nitrogens with one attached hydrogen (secondary N) is 1. The highest BCUT2D eigenvalue weighted by Crippen LogP contribution is 2.29. The Morgan fingerprint density at radius 1 is 1.50 bits per heavy atom. The molecule has 3 N–H and O–H groups in total. The SMILES string of the molecule is CCCOCC(NN)C1OCCc2ccccc21. The van der Waals surface area contributed by atoms with E-state index in [9.17, 15) is 0 Å². The van der Waals surface area contributed by atoms with Crippen LogP contribution in [0.1, 0.15) is 30.6 Å². The minimum atomic E-state index is -0.0168. The van der Waals surface area contributed by atoms with Gasteiger partial charge in [-0.2, -0.15) is 0 Å². The molecule has 2 unspecified atom stereocenters. The molecule has 0 bridgehead atoms. The highest BCUT2D eigenvalue weighted by molar-refractivity contribution is 5.31. The quantitative estimate of drug-likeness (QED) is 0.457. The maximum absolute atomic E-state index is 5.87. The van der Waals surface area contributed by atoms with Crippen LogP contribution in [0.2, 0.25) is 0 Å². The van der Waals surface area contributed by atoms with Crippen molar-refractivity contribution >= 4 is 0 Å². The summed E-state index contributed by atoms with van der Waals surface area (Å²) in [5.74, 6) is 5.63. The summed E-state index contributed by atoms with van der Waals surface area (Å²) in [5, 5.41) is 0. The summed E-state index contributed by atoms with van der Waals surface area (Å²) in [6.07, 6.45) is 1.97. The monoisotopic (exact) mass is 250 g/mol. The Hall–Kier alpha value is -0.940. The topological polar surface area (TPSA) is 56.5 Å². The third kappa shape index (κ3) is 3.09. The van der Waals surface area contributed by atoms with Crippen molar-refractivity contribution in [3.05, 3.63) is 35.4 Å². The zero-order chi connectivity index (χ0) is 12.8. The zero-order valence-electron chi connectivity index (χ0n) is 10.9. The Labute approximate surface area is 108 Å². The van der Waals surface area contributed by atoms with Crippen LogP contribution >= 0.6 is 0 Å². The summed E-state index contributed by atoms with van der Waals surface area (Å²) >= 11 is 0. The van der Waals surface area contributed by atoms with Gasteiger partial charge in [-0.1, -0.05) is 31.2 Å². The number of hydrogen-bond donors (Lipinski definition) is 2. The second-order valence-corrected chi connectivity index (χ2v) is 4.59. The van der Waals surface area contributed by atoms with E-state index in [2.05, 4.69) is 30.5 Å². The van der Waals surface area contributed by atoms with Crippen LogP contribution in [0.3, 0.4) is 0 Å². The van der Waals surface area contributed by atoms with Crippen molar-refractivity contribution in [3.8, 4) is 0 Å². The lowest BCUT2D eigenvalue weighted by atomic mass is 9.94. The second-order valence-electron chi connectivity index (χ2n) is 4.59. The predicted octanol–water partition coefficient (Wildman–Crippen LogP) is 1.56. The van der Waals surface area contributed by atoms with E-state index in [4.69, 9.17) is 15.3 Å². The number of fused-ring (bicyclic) bond motifs is 1. The Morgan fingerprint density at radius 3 is 3.11 bits per heavy atom. The van der Waals surface area contributed by atoms with Crippen LogP contribution in [0.4, 0.5) is 0 Å². The highest BCUT2D eigenvalue weighted by atomic mass is 16.5. The molecule has 18 heavy (non-hydrogen) atoms. The summed E-state index contributed by atoms with van der Waals surface area (Å²) in [6, 6.07) is 8.38. The molecule has 0 saturated carbocycles.